The summed E-state index contributed by atoms with van der Waals surface area (Å²) >= 11 is 7.14. The number of para-hydroxylation sites is 1. The summed E-state index contributed by atoms with van der Waals surface area (Å²) in [5.74, 6) is 0.245. The lowest BCUT2D eigenvalue weighted by Gasteiger charge is -2.17. The summed E-state index contributed by atoms with van der Waals surface area (Å²) in [6.45, 7) is 0.426. The van der Waals surface area contributed by atoms with E-state index in [2.05, 4.69) is 10.1 Å². The fourth-order valence-electron chi connectivity index (χ4n) is 4.03. The van der Waals surface area contributed by atoms with E-state index in [9.17, 15) is 9.59 Å². The Hall–Kier alpha value is -3.81. The van der Waals surface area contributed by atoms with Gasteiger partial charge in [-0.1, -0.05) is 71.5 Å². The molecule has 0 saturated heterocycles. The number of carbonyl (C=O) groups is 1. The minimum Gasteiger partial charge on any atom is -0.303 e. The van der Waals surface area contributed by atoms with Crippen LogP contribution in [0.1, 0.15) is 11.1 Å². The van der Waals surface area contributed by atoms with Gasteiger partial charge in [-0.25, -0.2) is 0 Å². The number of fused-ring (bicyclic) bond motifs is 2. The topological polar surface area (TPSA) is 67.6 Å². The number of thiazole rings is 1. The molecule has 0 bridgehead atoms. The molecule has 0 aliphatic carbocycles. The highest BCUT2D eigenvalue weighted by Gasteiger charge is 2.34. The van der Waals surface area contributed by atoms with Gasteiger partial charge in [-0.2, -0.15) is 9.50 Å². The van der Waals surface area contributed by atoms with Crippen LogP contribution in [0.15, 0.2) is 83.7 Å². The number of hydrogen-bond acceptors (Lipinski definition) is 5. The molecule has 0 N–H and O–H groups in total. The van der Waals surface area contributed by atoms with Crippen molar-refractivity contribution in [1.29, 1.82) is 0 Å². The molecular formula is C25H15ClN4O2S. The summed E-state index contributed by atoms with van der Waals surface area (Å²) in [5, 5.41) is 5.01. The SMILES string of the molecule is O=C1/C(=c2\sc3nc(-c4ccc(Cl)cc4)nn3c2=O)c2ccccc2N1Cc1ccccc1. The number of hydrogen-bond donors (Lipinski definition) is 0. The number of anilines is 1. The van der Waals surface area contributed by atoms with Crippen LogP contribution in [0, 0.1) is 0 Å². The largest absolute Gasteiger partial charge is 0.303 e. The van der Waals surface area contributed by atoms with Crippen LogP contribution in [0.2, 0.25) is 5.02 Å². The van der Waals surface area contributed by atoms with Crippen LogP contribution < -0.4 is 15.0 Å². The average molecular weight is 471 g/mol. The zero-order chi connectivity index (χ0) is 22.5. The maximum absolute atomic E-state index is 13.5. The number of halogens is 1. The van der Waals surface area contributed by atoms with Gasteiger partial charge in [0.1, 0.15) is 4.53 Å². The van der Waals surface area contributed by atoms with Crippen molar-refractivity contribution in [1.82, 2.24) is 14.6 Å². The third-order valence-electron chi connectivity index (χ3n) is 5.59. The Balaban J connectivity index is 1.50. The summed E-state index contributed by atoms with van der Waals surface area (Å²) in [4.78, 5) is 33.5. The van der Waals surface area contributed by atoms with Crippen molar-refractivity contribution >= 4 is 45.1 Å². The number of carbonyl (C=O) groups excluding carboxylic acids is 1. The lowest BCUT2D eigenvalue weighted by Crippen LogP contribution is -2.32. The predicted octanol–water partition coefficient (Wildman–Crippen LogP) is 3.94. The first-order valence-corrected chi connectivity index (χ1v) is 11.4. The van der Waals surface area contributed by atoms with Crippen LogP contribution in [0.5, 0.6) is 0 Å². The monoisotopic (exact) mass is 470 g/mol. The van der Waals surface area contributed by atoms with Gasteiger partial charge >= 0.3 is 0 Å². The Morgan fingerprint density at radius 3 is 2.36 bits per heavy atom. The second-order valence-electron chi connectivity index (χ2n) is 7.64. The average Bonchev–Trinajstić information content (AvgIpc) is 3.47. The van der Waals surface area contributed by atoms with Crippen LogP contribution in [0.4, 0.5) is 5.69 Å². The van der Waals surface area contributed by atoms with Gasteiger partial charge in [-0.3, -0.25) is 9.59 Å². The molecule has 0 fully saturated rings. The first-order chi connectivity index (χ1) is 16.1. The highest BCUT2D eigenvalue weighted by molar-refractivity contribution is 7.15. The molecule has 8 heteroatoms. The van der Waals surface area contributed by atoms with Crippen LogP contribution in [-0.2, 0) is 11.3 Å². The zero-order valence-corrected chi connectivity index (χ0v) is 18.7. The maximum Gasteiger partial charge on any atom is 0.291 e. The third-order valence-corrected chi connectivity index (χ3v) is 6.88. The van der Waals surface area contributed by atoms with Gasteiger partial charge in [-0.15, -0.1) is 5.10 Å². The molecular weight excluding hydrogens is 456 g/mol. The van der Waals surface area contributed by atoms with Crippen molar-refractivity contribution in [3.8, 4) is 11.4 Å². The molecule has 5 aromatic rings. The molecule has 0 saturated carbocycles. The van der Waals surface area contributed by atoms with Gasteiger partial charge in [0, 0.05) is 16.1 Å². The van der Waals surface area contributed by atoms with Crippen LogP contribution >= 0.6 is 22.9 Å². The molecule has 3 aromatic carbocycles. The molecule has 0 unspecified atom stereocenters. The van der Waals surface area contributed by atoms with E-state index in [-0.39, 0.29) is 11.5 Å². The highest BCUT2D eigenvalue weighted by Crippen LogP contribution is 2.36. The molecule has 0 radical (unpaired) electrons. The molecule has 2 aromatic heterocycles. The highest BCUT2D eigenvalue weighted by atomic mass is 35.5. The Kier molecular flexibility index (Phi) is 4.60. The predicted molar refractivity (Wildman–Crippen MR) is 129 cm³/mol. The minimum absolute atomic E-state index is 0.195. The summed E-state index contributed by atoms with van der Waals surface area (Å²) in [6.07, 6.45) is 0. The molecule has 1 aliphatic heterocycles. The first kappa shape index (κ1) is 19.8. The van der Waals surface area contributed by atoms with Gasteiger partial charge in [-0.05, 0) is 35.9 Å². The summed E-state index contributed by atoms with van der Waals surface area (Å²) in [5.41, 5.74) is 3.37. The molecule has 1 aliphatic rings. The summed E-state index contributed by atoms with van der Waals surface area (Å²) in [7, 11) is 0. The van der Waals surface area contributed by atoms with Crippen LogP contribution in [0.25, 0.3) is 21.9 Å². The Morgan fingerprint density at radius 2 is 1.61 bits per heavy atom. The van der Waals surface area contributed by atoms with E-state index in [0.717, 1.165) is 22.4 Å². The van der Waals surface area contributed by atoms with Gasteiger partial charge in [0.2, 0.25) is 4.96 Å². The summed E-state index contributed by atoms with van der Waals surface area (Å²) < 4.78 is 1.62. The van der Waals surface area contributed by atoms with Gasteiger partial charge < -0.3 is 4.90 Å². The summed E-state index contributed by atoms with van der Waals surface area (Å²) in [6, 6.07) is 24.5. The van der Waals surface area contributed by atoms with Crippen molar-refractivity contribution in [2.24, 2.45) is 0 Å². The van der Waals surface area contributed by atoms with Crippen LogP contribution in [-0.4, -0.2) is 20.5 Å². The Bertz CT molecular complexity index is 1640. The maximum atomic E-state index is 13.5. The molecule has 33 heavy (non-hydrogen) atoms. The molecule has 6 rings (SSSR count). The van der Waals surface area contributed by atoms with E-state index in [1.807, 2.05) is 54.6 Å². The third kappa shape index (κ3) is 3.25. The van der Waals surface area contributed by atoms with E-state index in [1.54, 1.807) is 29.2 Å². The van der Waals surface area contributed by atoms with E-state index in [1.165, 1.54) is 15.9 Å². The van der Waals surface area contributed by atoms with E-state index in [0.29, 0.717) is 32.5 Å². The number of rotatable bonds is 3. The first-order valence-electron chi connectivity index (χ1n) is 10.2. The zero-order valence-electron chi connectivity index (χ0n) is 17.1. The number of aromatic nitrogens is 3. The van der Waals surface area contributed by atoms with Crippen LogP contribution in [0.3, 0.4) is 0 Å². The van der Waals surface area contributed by atoms with Crippen molar-refractivity contribution in [3.05, 3.63) is 110 Å². The van der Waals surface area contributed by atoms with Crippen molar-refractivity contribution < 1.29 is 4.79 Å². The molecule has 3 heterocycles. The second kappa shape index (κ2) is 7.65. The number of nitrogens with zero attached hydrogens (tertiary/aromatic N) is 4. The van der Waals surface area contributed by atoms with Gasteiger partial charge in [0.25, 0.3) is 11.5 Å². The van der Waals surface area contributed by atoms with Gasteiger partial charge in [0.05, 0.1) is 17.8 Å². The normalized spacial score (nSPS) is 14.8. The van der Waals surface area contributed by atoms with E-state index < -0.39 is 0 Å². The van der Waals surface area contributed by atoms with Crippen molar-refractivity contribution in [3.63, 3.8) is 0 Å². The fourth-order valence-corrected chi connectivity index (χ4v) is 5.15. The lowest BCUT2D eigenvalue weighted by molar-refractivity contribution is -0.113. The van der Waals surface area contributed by atoms with E-state index in [4.69, 9.17) is 11.6 Å². The Labute approximate surface area is 197 Å². The smallest absolute Gasteiger partial charge is 0.291 e. The molecule has 0 spiro atoms. The van der Waals surface area contributed by atoms with Gasteiger partial charge in [0.15, 0.2) is 5.82 Å². The molecule has 6 nitrogen and oxygen atoms in total. The standard InChI is InChI=1S/C25H15ClN4O2S/c26-17-12-10-16(11-13-17)22-27-25-30(28-22)24(32)21(33-25)20-18-8-4-5-9-19(18)29(23(20)31)14-15-6-2-1-3-7-15/h1-13H,14H2/b21-20-. The molecule has 0 atom stereocenters. The van der Waals surface area contributed by atoms with E-state index >= 15 is 0 Å². The fraction of sp³-hybridized carbons (Fsp3) is 0.0400. The quantitative estimate of drug-likeness (QED) is 0.400. The minimum atomic E-state index is -0.345. The lowest BCUT2D eigenvalue weighted by atomic mass is 10.1. The molecule has 160 valence electrons. The number of benzene rings is 3. The second-order valence-corrected chi connectivity index (χ2v) is 9.06. The van der Waals surface area contributed by atoms with Crippen molar-refractivity contribution in [2.75, 3.05) is 4.90 Å². The van der Waals surface area contributed by atoms with Crippen molar-refractivity contribution in [2.45, 2.75) is 6.54 Å². The Morgan fingerprint density at radius 1 is 0.879 bits per heavy atom. The molecule has 1 amide bonds. The number of amides is 1.